The van der Waals surface area contributed by atoms with Crippen molar-refractivity contribution in [1.29, 1.82) is 0 Å². The summed E-state index contributed by atoms with van der Waals surface area (Å²) in [6.07, 6.45) is 2.19. The van der Waals surface area contributed by atoms with Gasteiger partial charge in [-0.25, -0.2) is 4.68 Å². The van der Waals surface area contributed by atoms with Gasteiger partial charge in [-0.15, -0.1) is 11.3 Å². The molecule has 5 nitrogen and oxygen atoms in total. The minimum atomic E-state index is 0.429. The Morgan fingerprint density at radius 2 is 2.11 bits per heavy atom. The predicted molar refractivity (Wildman–Crippen MR) is 112 cm³/mol. The van der Waals surface area contributed by atoms with Crippen molar-refractivity contribution < 1.29 is 4.74 Å². The highest BCUT2D eigenvalue weighted by Crippen LogP contribution is 2.35. The fraction of sp³-hybridized carbons (Fsp3) is 0.400. The Labute approximate surface area is 168 Å². The van der Waals surface area contributed by atoms with Crippen LogP contribution in [0, 0.1) is 4.77 Å². The molecule has 7 heteroatoms. The molecule has 0 saturated carbocycles. The number of hydrogen-bond acceptors (Lipinski definition) is 5. The third-order valence-corrected chi connectivity index (χ3v) is 6.78. The Hall–Kier alpha value is -1.96. The molecule has 0 fully saturated rings. The lowest BCUT2D eigenvalue weighted by Gasteiger charge is -2.35. The molecule has 1 atom stereocenters. The van der Waals surface area contributed by atoms with Crippen LogP contribution in [0.5, 0.6) is 5.75 Å². The first kappa shape index (κ1) is 18.4. The van der Waals surface area contributed by atoms with Crippen molar-refractivity contribution in [2.24, 2.45) is 7.05 Å². The maximum Gasteiger partial charge on any atom is 0.199 e. The molecule has 4 rings (SSSR count). The van der Waals surface area contributed by atoms with E-state index < -0.39 is 0 Å². The van der Waals surface area contributed by atoms with Crippen molar-refractivity contribution >= 4 is 23.6 Å². The number of thiophene rings is 1. The molecule has 1 aromatic carbocycles. The van der Waals surface area contributed by atoms with Crippen molar-refractivity contribution in [2.45, 2.75) is 32.5 Å². The van der Waals surface area contributed by atoms with E-state index in [4.69, 9.17) is 22.1 Å². The van der Waals surface area contributed by atoms with Crippen LogP contribution in [-0.2, 0) is 20.1 Å². The highest BCUT2D eigenvalue weighted by Gasteiger charge is 2.27. The van der Waals surface area contributed by atoms with Gasteiger partial charge in [0.15, 0.2) is 10.6 Å². The standard InChI is InChI=1S/C20H24N4OS2/c1-4-16-14-10-12-27-18(14)9-11-23(16)13-24-20(26)22(2)19(21-24)15-7-5-6-8-17(15)25-3/h5-8,10,12,16H,4,9,11,13H2,1-3H3/t16-/m1/s1. The van der Waals surface area contributed by atoms with Crippen LogP contribution in [0.4, 0.5) is 0 Å². The second-order valence-electron chi connectivity index (χ2n) is 6.79. The molecule has 0 unspecified atom stereocenters. The van der Waals surface area contributed by atoms with E-state index in [2.05, 4.69) is 23.3 Å². The molecule has 0 radical (unpaired) electrons. The first-order valence-corrected chi connectivity index (χ1v) is 10.5. The average molecular weight is 401 g/mol. The summed E-state index contributed by atoms with van der Waals surface area (Å²) in [5.74, 6) is 1.64. The van der Waals surface area contributed by atoms with Crippen LogP contribution in [0.3, 0.4) is 0 Å². The van der Waals surface area contributed by atoms with Crippen LogP contribution in [-0.4, -0.2) is 32.9 Å². The number of benzene rings is 1. The quantitative estimate of drug-likeness (QED) is 0.584. The summed E-state index contributed by atoms with van der Waals surface area (Å²) in [5.41, 5.74) is 2.43. The van der Waals surface area contributed by atoms with Crippen molar-refractivity contribution in [3.63, 3.8) is 0 Å². The van der Waals surface area contributed by atoms with E-state index in [1.165, 1.54) is 10.4 Å². The molecule has 0 N–H and O–H groups in total. The molecule has 0 saturated heterocycles. The summed E-state index contributed by atoms with van der Waals surface area (Å²) in [6.45, 7) is 3.99. The predicted octanol–water partition coefficient (Wildman–Crippen LogP) is 4.66. The number of para-hydroxylation sites is 1. The Kier molecular flexibility index (Phi) is 5.16. The van der Waals surface area contributed by atoms with Crippen molar-refractivity contribution in [3.8, 4) is 17.1 Å². The van der Waals surface area contributed by atoms with Gasteiger partial charge < -0.3 is 9.30 Å². The van der Waals surface area contributed by atoms with Gasteiger partial charge >= 0.3 is 0 Å². The molecule has 3 aromatic rings. The summed E-state index contributed by atoms with van der Waals surface area (Å²) >= 11 is 7.57. The molecule has 0 bridgehead atoms. The van der Waals surface area contributed by atoms with E-state index in [9.17, 15) is 0 Å². The smallest absolute Gasteiger partial charge is 0.199 e. The second-order valence-corrected chi connectivity index (χ2v) is 8.16. The number of ether oxygens (including phenoxy) is 1. The number of fused-ring (bicyclic) bond motifs is 1. The van der Waals surface area contributed by atoms with Crippen LogP contribution in [0.25, 0.3) is 11.4 Å². The van der Waals surface area contributed by atoms with Crippen molar-refractivity contribution in [3.05, 3.63) is 50.9 Å². The van der Waals surface area contributed by atoms with Gasteiger partial charge in [-0.05, 0) is 54.2 Å². The van der Waals surface area contributed by atoms with Gasteiger partial charge in [-0.2, -0.15) is 5.10 Å². The van der Waals surface area contributed by atoms with E-state index in [1.54, 1.807) is 7.11 Å². The van der Waals surface area contributed by atoms with Crippen LogP contribution in [0.2, 0.25) is 0 Å². The molecule has 142 valence electrons. The van der Waals surface area contributed by atoms with E-state index >= 15 is 0 Å². The monoisotopic (exact) mass is 400 g/mol. The minimum absolute atomic E-state index is 0.429. The highest BCUT2D eigenvalue weighted by atomic mass is 32.1. The van der Waals surface area contributed by atoms with Gasteiger partial charge in [-0.3, -0.25) is 4.90 Å². The molecule has 1 aliphatic heterocycles. The van der Waals surface area contributed by atoms with Crippen LogP contribution in [0.1, 0.15) is 29.8 Å². The highest BCUT2D eigenvalue weighted by molar-refractivity contribution is 7.71. The third-order valence-electron chi connectivity index (χ3n) is 5.30. The largest absolute Gasteiger partial charge is 0.496 e. The zero-order valence-electron chi connectivity index (χ0n) is 15.9. The van der Waals surface area contributed by atoms with E-state index in [0.29, 0.717) is 12.7 Å². The van der Waals surface area contributed by atoms with Crippen molar-refractivity contribution in [1.82, 2.24) is 19.2 Å². The first-order chi connectivity index (χ1) is 13.1. The summed E-state index contributed by atoms with van der Waals surface area (Å²) in [6, 6.07) is 10.6. The van der Waals surface area contributed by atoms with Gasteiger partial charge in [0.05, 0.1) is 19.3 Å². The van der Waals surface area contributed by atoms with E-state index in [0.717, 1.165) is 41.3 Å². The third kappa shape index (κ3) is 3.24. The lowest BCUT2D eigenvalue weighted by molar-refractivity contribution is 0.129. The molecule has 2 aromatic heterocycles. The molecular weight excluding hydrogens is 376 g/mol. The Morgan fingerprint density at radius 3 is 2.89 bits per heavy atom. The van der Waals surface area contributed by atoms with Crippen LogP contribution >= 0.6 is 23.6 Å². The summed E-state index contributed by atoms with van der Waals surface area (Å²) < 4.78 is 10.1. The van der Waals surface area contributed by atoms with E-state index in [-0.39, 0.29) is 0 Å². The Morgan fingerprint density at radius 1 is 1.30 bits per heavy atom. The maximum absolute atomic E-state index is 5.70. The molecule has 0 aliphatic carbocycles. The van der Waals surface area contributed by atoms with Gasteiger partial charge in [0, 0.05) is 24.5 Å². The van der Waals surface area contributed by atoms with Gasteiger partial charge in [-0.1, -0.05) is 19.1 Å². The summed E-state index contributed by atoms with van der Waals surface area (Å²) in [7, 11) is 3.65. The second kappa shape index (κ2) is 7.58. The zero-order chi connectivity index (χ0) is 19.0. The topological polar surface area (TPSA) is 35.2 Å². The molecule has 3 heterocycles. The molecule has 0 spiro atoms. The fourth-order valence-corrected chi connectivity index (χ4v) is 5.02. The zero-order valence-corrected chi connectivity index (χ0v) is 17.5. The van der Waals surface area contributed by atoms with Gasteiger partial charge in [0.1, 0.15) is 5.75 Å². The fourth-order valence-electron chi connectivity index (χ4n) is 3.91. The lowest BCUT2D eigenvalue weighted by atomic mass is 9.98. The SMILES string of the molecule is CC[C@@H]1c2ccsc2CCN1Cn1nc(-c2ccccc2OC)n(C)c1=S. The minimum Gasteiger partial charge on any atom is -0.496 e. The normalized spacial score (nSPS) is 17.1. The number of aromatic nitrogens is 3. The lowest BCUT2D eigenvalue weighted by Crippen LogP contribution is -2.36. The summed E-state index contributed by atoms with van der Waals surface area (Å²) in [4.78, 5) is 4.02. The van der Waals surface area contributed by atoms with Crippen LogP contribution < -0.4 is 4.74 Å². The first-order valence-electron chi connectivity index (χ1n) is 9.21. The maximum atomic E-state index is 5.70. The number of methoxy groups -OCH3 is 1. The number of rotatable bonds is 5. The van der Waals surface area contributed by atoms with Crippen LogP contribution in [0.15, 0.2) is 35.7 Å². The number of nitrogens with zero attached hydrogens (tertiary/aromatic N) is 4. The van der Waals surface area contributed by atoms with E-state index in [1.807, 2.05) is 51.9 Å². The summed E-state index contributed by atoms with van der Waals surface area (Å²) in [5, 5.41) is 7.06. The molecule has 27 heavy (non-hydrogen) atoms. The average Bonchev–Trinajstić information content (AvgIpc) is 3.28. The van der Waals surface area contributed by atoms with Gasteiger partial charge in [0.2, 0.25) is 0 Å². The Bertz CT molecular complexity index is 1000. The van der Waals surface area contributed by atoms with Gasteiger partial charge in [0.25, 0.3) is 0 Å². The molecule has 0 amide bonds. The molecular formula is C20H24N4OS2. The molecule has 1 aliphatic rings. The number of hydrogen-bond donors (Lipinski definition) is 0. The van der Waals surface area contributed by atoms with Crippen molar-refractivity contribution in [2.75, 3.05) is 13.7 Å². The Balaban J connectivity index is 1.67.